The van der Waals surface area contributed by atoms with Crippen molar-refractivity contribution in [2.45, 2.75) is 17.4 Å². The maximum Gasteiger partial charge on any atom is 0.252 e. The summed E-state index contributed by atoms with van der Waals surface area (Å²) in [6, 6.07) is 4.28. The normalized spacial score (nSPS) is 18.7. The molecule has 1 amide bonds. The molecule has 1 heterocycles. The second kappa shape index (κ2) is 7.28. The molecule has 9 heteroatoms. The Kier molecular flexibility index (Phi) is 6.18. The van der Waals surface area contributed by atoms with Gasteiger partial charge in [0.2, 0.25) is 10.0 Å². The van der Waals surface area contributed by atoms with E-state index in [1.54, 1.807) is 7.05 Å². The maximum absolute atomic E-state index is 12.6. The number of methoxy groups -OCH3 is 1. The number of sulfonamides is 1. The lowest BCUT2D eigenvalue weighted by Crippen LogP contribution is -2.33. The molecule has 1 aliphatic rings. The Labute approximate surface area is 136 Å². The third-order valence-corrected chi connectivity index (χ3v) is 5.49. The van der Waals surface area contributed by atoms with Crippen LogP contribution in [0, 0.1) is 0 Å². The molecule has 0 aromatic heterocycles. The molecular weight excluding hydrogens is 330 g/mol. The number of nitrogens with zero attached hydrogens (tertiary/aromatic N) is 1. The molecule has 1 unspecified atom stereocenters. The zero-order valence-electron chi connectivity index (χ0n) is 12.4. The highest BCUT2D eigenvalue weighted by atomic mass is 35.5. The number of primary amides is 1. The van der Waals surface area contributed by atoms with Gasteiger partial charge in [-0.3, -0.25) is 4.79 Å². The number of benzene rings is 1. The summed E-state index contributed by atoms with van der Waals surface area (Å²) < 4.78 is 31.6. The summed E-state index contributed by atoms with van der Waals surface area (Å²) in [6.07, 6.45) is 0.758. The number of carbonyl (C=O) groups is 1. The van der Waals surface area contributed by atoms with Gasteiger partial charge in [-0.05, 0) is 31.7 Å². The minimum atomic E-state index is -3.63. The molecule has 1 aromatic rings. The lowest BCUT2D eigenvalue weighted by Gasteiger charge is -2.17. The fourth-order valence-electron chi connectivity index (χ4n) is 2.37. The monoisotopic (exact) mass is 349 g/mol. The van der Waals surface area contributed by atoms with Gasteiger partial charge in [-0.2, -0.15) is 4.31 Å². The van der Waals surface area contributed by atoms with Crippen molar-refractivity contribution in [3.05, 3.63) is 23.8 Å². The zero-order valence-corrected chi connectivity index (χ0v) is 14.0. The first-order valence-electron chi connectivity index (χ1n) is 6.55. The van der Waals surface area contributed by atoms with Gasteiger partial charge in [0.25, 0.3) is 5.91 Å². The number of halogens is 1. The first-order chi connectivity index (χ1) is 9.90. The molecule has 1 aliphatic heterocycles. The van der Waals surface area contributed by atoms with Crippen molar-refractivity contribution < 1.29 is 17.9 Å². The van der Waals surface area contributed by atoms with Gasteiger partial charge in [0.05, 0.1) is 17.6 Å². The van der Waals surface area contributed by atoms with Crippen molar-refractivity contribution in [2.75, 3.05) is 27.2 Å². The van der Waals surface area contributed by atoms with Crippen molar-refractivity contribution in [3.63, 3.8) is 0 Å². The molecule has 0 bridgehead atoms. The van der Waals surface area contributed by atoms with Crippen molar-refractivity contribution >= 4 is 28.3 Å². The fraction of sp³-hybridized carbons (Fsp3) is 0.462. The highest BCUT2D eigenvalue weighted by molar-refractivity contribution is 7.89. The summed E-state index contributed by atoms with van der Waals surface area (Å²) in [5.41, 5.74) is 5.32. The number of likely N-dealkylation sites (N-methyl/N-ethyl adjacent to an activating group) is 1. The van der Waals surface area contributed by atoms with Crippen LogP contribution in [0.15, 0.2) is 23.1 Å². The molecule has 0 radical (unpaired) electrons. The molecule has 0 aliphatic carbocycles. The predicted octanol–water partition coefficient (Wildman–Crippen LogP) is 0.198. The van der Waals surface area contributed by atoms with Gasteiger partial charge >= 0.3 is 0 Å². The first kappa shape index (κ1) is 18.7. The van der Waals surface area contributed by atoms with Crippen LogP contribution in [0.3, 0.4) is 0 Å². The van der Waals surface area contributed by atoms with Crippen molar-refractivity contribution in [1.82, 2.24) is 9.62 Å². The summed E-state index contributed by atoms with van der Waals surface area (Å²) in [5, 5.41) is 3.07. The minimum absolute atomic E-state index is 0. The van der Waals surface area contributed by atoms with E-state index in [-0.39, 0.29) is 34.7 Å². The van der Waals surface area contributed by atoms with Crippen LogP contribution in [0.5, 0.6) is 5.75 Å². The van der Waals surface area contributed by atoms with E-state index < -0.39 is 15.9 Å². The molecule has 1 atom stereocenters. The highest BCUT2D eigenvalue weighted by Crippen LogP contribution is 2.26. The van der Waals surface area contributed by atoms with E-state index in [4.69, 9.17) is 10.5 Å². The number of hydrogen-bond donors (Lipinski definition) is 2. The minimum Gasteiger partial charge on any atom is -0.496 e. The Morgan fingerprint density at radius 2 is 2.14 bits per heavy atom. The number of hydrogen-bond acceptors (Lipinski definition) is 5. The summed E-state index contributed by atoms with van der Waals surface area (Å²) in [4.78, 5) is 11.5. The molecule has 1 fully saturated rings. The number of carbonyl (C=O) groups excluding carboxylic acids is 1. The van der Waals surface area contributed by atoms with Crippen LogP contribution in [-0.4, -0.2) is 51.9 Å². The van der Waals surface area contributed by atoms with E-state index in [1.165, 1.54) is 29.6 Å². The maximum atomic E-state index is 12.6. The number of nitrogens with one attached hydrogen (secondary N) is 1. The smallest absolute Gasteiger partial charge is 0.252 e. The summed E-state index contributed by atoms with van der Waals surface area (Å²) in [7, 11) is -0.431. The van der Waals surface area contributed by atoms with E-state index in [0.717, 1.165) is 6.42 Å². The Morgan fingerprint density at radius 1 is 1.45 bits per heavy atom. The quantitative estimate of drug-likeness (QED) is 0.790. The Hall–Kier alpha value is -1.35. The van der Waals surface area contributed by atoms with Crippen LogP contribution in [-0.2, 0) is 10.0 Å². The Morgan fingerprint density at radius 3 is 2.64 bits per heavy atom. The second-order valence-electron chi connectivity index (χ2n) is 4.86. The second-order valence-corrected chi connectivity index (χ2v) is 6.80. The molecule has 3 N–H and O–H groups in total. The Bertz CT molecular complexity index is 651. The van der Waals surface area contributed by atoms with Gasteiger partial charge < -0.3 is 15.8 Å². The van der Waals surface area contributed by atoms with Crippen molar-refractivity contribution in [2.24, 2.45) is 5.73 Å². The SMILES string of the molecule is CNC1CCN(S(=O)(=O)c2ccc(OC)c(C(N)=O)c2)C1.Cl. The van der Waals surface area contributed by atoms with Gasteiger partial charge in [0.15, 0.2) is 0 Å². The topological polar surface area (TPSA) is 102 Å². The van der Waals surface area contributed by atoms with Gasteiger partial charge in [-0.1, -0.05) is 0 Å². The van der Waals surface area contributed by atoms with E-state index >= 15 is 0 Å². The lowest BCUT2D eigenvalue weighted by atomic mass is 10.2. The summed E-state index contributed by atoms with van der Waals surface area (Å²) in [6.45, 7) is 0.864. The molecule has 2 rings (SSSR count). The number of amides is 1. The summed E-state index contributed by atoms with van der Waals surface area (Å²) in [5.74, 6) is -0.464. The molecule has 0 spiro atoms. The molecule has 1 aromatic carbocycles. The predicted molar refractivity (Wildman–Crippen MR) is 85.0 cm³/mol. The van der Waals surface area contributed by atoms with E-state index in [2.05, 4.69) is 5.32 Å². The van der Waals surface area contributed by atoms with Crippen LogP contribution in [0.4, 0.5) is 0 Å². The molecule has 22 heavy (non-hydrogen) atoms. The first-order valence-corrected chi connectivity index (χ1v) is 7.99. The number of nitrogens with two attached hydrogens (primary N) is 1. The van der Waals surface area contributed by atoms with Crippen LogP contribution >= 0.6 is 12.4 Å². The van der Waals surface area contributed by atoms with E-state index in [0.29, 0.717) is 13.1 Å². The Balaban J connectivity index is 0.00000242. The molecule has 1 saturated heterocycles. The van der Waals surface area contributed by atoms with Crippen LogP contribution < -0.4 is 15.8 Å². The van der Waals surface area contributed by atoms with E-state index in [1.807, 2.05) is 0 Å². The van der Waals surface area contributed by atoms with Gasteiger partial charge in [0, 0.05) is 19.1 Å². The van der Waals surface area contributed by atoms with Gasteiger partial charge in [-0.25, -0.2) is 8.42 Å². The fourth-order valence-corrected chi connectivity index (χ4v) is 3.90. The average molecular weight is 350 g/mol. The molecule has 0 saturated carbocycles. The third kappa shape index (κ3) is 3.52. The average Bonchev–Trinajstić information content (AvgIpc) is 2.96. The highest BCUT2D eigenvalue weighted by Gasteiger charge is 2.32. The van der Waals surface area contributed by atoms with Crippen LogP contribution in [0.25, 0.3) is 0 Å². The number of rotatable bonds is 5. The summed E-state index contributed by atoms with van der Waals surface area (Å²) >= 11 is 0. The van der Waals surface area contributed by atoms with Crippen molar-refractivity contribution in [3.8, 4) is 5.75 Å². The van der Waals surface area contributed by atoms with Crippen LogP contribution in [0.2, 0.25) is 0 Å². The lowest BCUT2D eigenvalue weighted by molar-refractivity contribution is 0.0997. The molecular formula is C13H20ClN3O4S. The van der Waals surface area contributed by atoms with Crippen molar-refractivity contribution in [1.29, 1.82) is 0 Å². The van der Waals surface area contributed by atoms with E-state index in [9.17, 15) is 13.2 Å². The largest absolute Gasteiger partial charge is 0.496 e. The zero-order chi connectivity index (χ0) is 15.6. The molecule has 124 valence electrons. The van der Waals surface area contributed by atoms with Crippen LogP contribution in [0.1, 0.15) is 16.8 Å². The molecule has 7 nitrogen and oxygen atoms in total. The standard InChI is InChI=1S/C13H19N3O4S.ClH/c1-15-9-5-6-16(8-9)21(18,19)10-3-4-12(20-2)11(7-10)13(14)17;/h3-4,7,9,15H,5-6,8H2,1-2H3,(H2,14,17);1H. The number of ether oxygens (including phenoxy) is 1. The van der Waals surface area contributed by atoms with Gasteiger partial charge in [-0.15, -0.1) is 12.4 Å². The van der Waals surface area contributed by atoms with Gasteiger partial charge in [0.1, 0.15) is 5.75 Å². The third-order valence-electron chi connectivity index (χ3n) is 3.63.